The molecule has 1 aromatic heterocycles. The molecule has 2 saturated heterocycles. The van der Waals surface area contributed by atoms with Crippen molar-refractivity contribution in [3.63, 3.8) is 0 Å². The zero-order chi connectivity index (χ0) is 15.6. The Kier molecular flexibility index (Phi) is 4.02. The fourth-order valence-corrected chi connectivity index (χ4v) is 3.71. The van der Waals surface area contributed by atoms with Crippen LogP contribution in [-0.4, -0.2) is 48.3 Å². The zero-order valence-corrected chi connectivity index (χ0v) is 13.6. The minimum absolute atomic E-state index is 0.306. The Bertz CT molecular complexity index is 661. The van der Waals surface area contributed by atoms with Gasteiger partial charge in [-0.25, -0.2) is 0 Å². The fraction of sp³-hybridized carbons (Fsp3) is 0.421. The van der Waals surface area contributed by atoms with Gasteiger partial charge in [0.1, 0.15) is 0 Å². The Morgan fingerprint density at radius 2 is 2.04 bits per heavy atom. The van der Waals surface area contributed by atoms with E-state index < -0.39 is 0 Å². The van der Waals surface area contributed by atoms with Gasteiger partial charge < -0.3 is 9.64 Å². The topological polar surface area (TPSA) is 28.6 Å². The fourth-order valence-electron chi connectivity index (χ4n) is 3.71. The molecule has 0 amide bonds. The largest absolute Gasteiger partial charge is 0.373 e. The summed E-state index contributed by atoms with van der Waals surface area (Å²) in [5.74, 6) is 0. The molecular formula is C19H23N3O. The monoisotopic (exact) mass is 309 g/mol. The third kappa shape index (κ3) is 3.09. The number of ether oxygens (including phenoxy) is 1. The first-order valence-corrected chi connectivity index (χ1v) is 8.37. The molecule has 0 aliphatic carbocycles. The van der Waals surface area contributed by atoms with Crippen LogP contribution in [0.5, 0.6) is 0 Å². The average Bonchev–Trinajstić information content (AvgIpc) is 3.01. The Hall–Kier alpha value is -1.91. The lowest BCUT2D eigenvalue weighted by Gasteiger charge is -2.36. The van der Waals surface area contributed by atoms with Gasteiger partial charge in [0, 0.05) is 43.8 Å². The molecular weight excluding hydrogens is 286 g/mol. The van der Waals surface area contributed by atoms with Crippen molar-refractivity contribution in [2.24, 2.45) is 0 Å². The molecule has 0 bridgehead atoms. The number of hydrogen-bond acceptors (Lipinski definition) is 4. The highest BCUT2D eigenvalue weighted by molar-refractivity contribution is 5.48. The van der Waals surface area contributed by atoms with Crippen LogP contribution in [0.25, 0.3) is 0 Å². The van der Waals surface area contributed by atoms with E-state index >= 15 is 0 Å². The van der Waals surface area contributed by atoms with Crippen LogP contribution < -0.4 is 4.90 Å². The highest BCUT2D eigenvalue weighted by Crippen LogP contribution is 2.28. The average molecular weight is 309 g/mol. The van der Waals surface area contributed by atoms with E-state index in [1.165, 1.54) is 11.3 Å². The molecule has 120 valence electrons. The maximum absolute atomic E-state index is 6.05. The Balaban J connectivity index is 1.50. The Morgan fingerprint density at radius 3 is 2.87 bits per heavy atom. The predicted molar refractivity (Wildman–Crippen MR) is 91.6 cm³/mol. The van der Waals surface area contributed by atoms with E-state index in [2.05, 4.69) is 57.2 Å². The van der Waals surface area contributed by atoms with Crippen molar-refractivity contribution in [3.8, 4) is 0 Å². The molecule has 2 fully saturated rings. The van der Waals surface area contributed by atoms with Gasteiger partial charge in [-0.1, -0.05) is 30.3 Å². The number of nitrogens with zero attached hydrogens (tertiary/aromatic N) is 3. The van der Waals surface area contributed by atoms with Crippen LogP contribution in [0.1, 0.15) is 11.3 Å². The van der Waals surface area contributed by atoms with Gasteiger partial charge in [-0.3, -0.25) is 9.88 Å². The Labute approximate surface area is 137 Å². The summed E-state index contributed by atoms with van der Waals surface area (Å²) in [6.07, 6.45) is 2.20. The molecule has 2 unspecified atom stereocenters. The molecule has 0 spiro atoms. The van der Waals surface area contributed by atoms with Gasteiger partial charge in [0.25, 0.3) is 0 Å². The van der Waals surface area contributed by atoms with Crippen molar-refractivity contribution >= 4 is 5.69 Å². The van der Waals surface area contributed by atoms with E-state index in [9.17, 15) is 0 Å². The molecule has 2 atom stereocenters. The predicted octanol–water partition coefficient (Wildman–Crippen LogP) is 2.48. The van der Waals surface area contributed by atoms with E-state index in [0.717, 1.165) is 38.5 Å². The van der Waals surface area contributed by atoms with Gasteiger partial charge in [0.2, 0.25) is 0 Å². The van der Waals surface area contributed by atoms with Gasteiger partial charge in [-0.15, -0.1) is 0 Å². The van der Waals surface area contributed by atoms with Gasteiger partial charge >= 0.3 is 0 Å². The van der Waals surface area contributed by atoms with Crippen LogP contribution in [0, 0.1) is 6.92 Å². The smallest absolute Gasteiger partial charge is 0.0922 e. The van der Waals surface area contributed by atoms with Crippen molar-refractivity contribution in [2.45, 2.75) is 25.6 Å². The summed E-state index contributed by atoms with van der Waals surface area (Å²) in [5, 5.41) is 0. The minimum Gasteiger partial charge on any atom is -0.373 e. The number of pyridine rings is 1. The van der Waals surface area contributed by atoms with Crippen molar-refractivity contribution in [1.29, 1.82) is 0 Å². The lowest BCUT2D eigenvalue weighted by Crippen LogP contribution is -2.50. The van der Waals surface area contributed by atoms with Crippen LogP contribution in [0.15, 0.2) is 48.7 Å². The Morgan fingerprint density at radius 1 is 1.17 bits per heavy atom. The summed E-state index contributed by atoms with van der Waals surface area (Å²) in [6, 6.07) is 15.5. The maximum atomic E-state index is 6.05. The van der Waals surface area contributed by atoms with Crippen molar-refractivity contribution in [2.75, 3.05) is 31.1 Å². The normalized spacial score (nSPS) is 24.7. The number of rotatable bonds is 3. The summed E-state index contributed by atoms with van der Waals surface area (Å²) in [7, 11) is 0. The van der Waals surface area contributed by atoms with Crippen molar-refractivity contribution in [1.82, 2.24) is 9.88 Å². The van der Waals surface area contributed by atoms with E-state index in [-0.39, 0.29) is 0 Å². The minimum atomic E-state index is 0.306. The number of aryl methyl sites for hydroxylation is 1. The third-order valence-corrected chi connectivity index (χ3v) is 4.89. The van der Waals surface area contributed by atoms with E-state index in [1.807, 2.05) is 13.1 Å². The second kappa shape index (κ2) is 6.30. The first kappa shape index (κ1) is 14.7. The SMILES string of the molecule is Cc1cc(N2CC3OCCN(Cc4ccccc4)C3C2)ccn1. The number of morpholine rings is 1. The first-order valence-electron chi connectivity index (χ1n) is 8.37. The summed E-state index contributed by atoms with van der Waals surface area (Å²) < 4.78 is 6.05. The first-order chi connectivity index (χ1) is 11.3. The number of fused-ring (bicyclic) bond motifs is 1. The van der Waals surface area contributed by atoms with Gasteiger partial charge in [-0.05, 0) is 24.6 Å². The number of hydrogen-bond donors (Lipinski definition) is 0. The lowest BCUT2D eigenvalue weighted by molar-refractivity contribution is -0.0499. The summed E-state index contributed by atoms with van der Waals surface area (Å²) >= 11 is 0. The maximum Gasteiger partial charge on any atom is 0.0922 e. The van der Waals surface area contributed by atoms with E-state index in [1.54, 1.807) is 0 Å². The van der Waals surface area contributed by atoms with Crippen molar-refractivity contribution in [3.05, 3.63) is 59.9 Å². The number of benzene rings is 1. The lowest BCUT2D eigenvalue weighted by atomic mass is 10.1. The number of aromatic nitrogens is 1. The van der Waals surface area contributed by atoms with Crippen LogP contribution in [0.4, 0.5) is 5.69 Å². The highest BCUT2D eigenvalue weighted by atomic mass is 16.5. The number of anilines is 1. The molecule has 0 radical (unpaired) electrons. The molecule has 4 heteroatoms. The van der Waals surface area contributed by atoms with Gasteiger partial charge in [0.05, 0.1) is 18.8 Å². The molecule has 1 aromatic carbocycles. The molecule has 4 rings (SSSR count). The standard InChI is InChI=1S/C19H23N3O/c1-15-11-17(7-8-20-15)22-13-18-19(14-22)23-10-9-21(18)12-16-5-3-2-4-6-16/h2-8,11,18-19H,9-10,12-14H2,1H3. The molecule has 2 aromatic rings. The summed E-state index contributed by atoms with van der Waals surface area (Å²) in [4.78, 5) is 9.32. The third-order valence-electron chi connectivity index (χ3n) is 4.89. The van der Waals surface area contributed by atoms with Crippen LogP contribution >= 0.6 is 0 Å². The molecule has 2 aliphatic heterocycles. The van der Waals surface area contributed by atoms with Crippen LogP contribution in [0.3, 0.4) is 0 Å². The van der Waals surface area contributed by atoms with Crippen molar-refractivity contribution < 1.29 is 4.74 Å². The van der Waals surface area contributed by atoms with Gasteiger partial charge in [0.15, 0.2) is 0 Å². The second-order valence-electron chi connectivity index (χ2n) is 6.49. The van der Waals surface area contributed by atoms with Crippen LogP contribution in [-0.2, 0) is 11.3 Å². The zero-order valence-electron chi connectivity index (χ0n) is 13.6. The quantitative estimate of drug-likeness (QED) is 0.871. The molecule has 0 saturated carbocycles. The molecule has 4 nitrogen and oxygen atoms in total. The summed E-state index contributed by atoms with van der Waals surface area (Å²) in [5.41, 5.74) is 3.71. The van der Waals surface area contributed by atoms with E-state index in [4.69, 9.17) is 4.74 Å². The summed E-state index contributed by atoms with van der Waals surface area (Å²) in [6.45, 7) is 6.90. The molecule has 2 aliphatic rings. The van der Waals surface area contributed by atoms with Crippen LogP contribution in [0.2, 0.25) is 0 Å². The van der Waals surface area contributed by atoms with Gasteiger partial charge in [-0.2, -0.15) is 0 Å². The highest BCUT2D eigenvalue weighted by Gasteiger charge is 2.40. The molecule has 3 heterocycles. The second-order valence-corrected chi connectivity index (χ2v) is 6.49. The molecule has 0 N–H and O–H groups in total. The van der Waals surface area contributed by atoms with E-state index in [0.29, 0.717) is 12.1 Å². The molecule has 23 heavy (non-hydrogen) atoms.